The van der Waals surface area contributed by atoms with Crippen LogP contribution in [0.2, 0.25) is 0 Å². The molecule has 158 valence electrons. The van der Waals surface area contributed by atoms with Crippen LogP contribution in [-0.4, -0.2) is 27.5 Å². The molecular formula is C25H19N3O3S. The van der Waals surface area contributed by atoms with Gasteiger partial charge in [0.25, 0.3) is 0 Å². The van der Waals surface area contributed by atoms with Gasteiger partial charge in [-0.25, -0.2) is 4.79 Å². The monoisotopic (exact) mass is 441 g/mol. The van der Waals surface area contributed by atoms with Crippen molar-refractivity contribution in [1.29, 1.82) is 0 Å². The largest absolute Gasteiger partial charge is 0.507 e. The molecule has 0 aromatic heterocycles. The van der Waals surface area contributed by atoms with Gasteiger partial charge in [-0.15, -0.1) is 0 Å². The average Bonchev–Trinajstić information content (AvgIpc) is 2.80. The van der Waals surface area contributed by atoms with Crippen molar-refractivity contribution >= 4 is 46.0 Å². The molecule has 7 heteroatoms. The van der Waals surface area contributed by atoms with Crippen LogP contribution >= 0.6 is 12.2 Å². The van der Waals surface area contributed by atoms with Crippen molar-refractivity contribution in [3.8, 4) is 16.9 Å². The minimum atomic E-state index is -0.993. The zero-order chi connectivity index (χ0) is 22.5. The number of benzene rings is 4. The molecule has 4 aromatic carbocycles. The molecule has 0 heterocycles. The lowest BCUT2D eigenvalue weighted by molar-refractivity contribution is 0.0697. The van der Waals surface area contributed by atoms with Gasteiger partial charge in [-0.2, -0.15) is 5.10 Å². The van der Waals surface area contributed by atoms with E-state index >= 15 is 0 Å². The van der Waals surface area contributed by atoms with Crippen LogP contribution in [0.25, 0.3) is 21.9 Å². The number of carboxylic acids is 1. The van der Waals surface area contributed by atoms with Gasteiger partial charge in [0.2, 0.25) is 0 Å². The summed E-state index contributed by atoms with van der Waals surface area (Å²) in [5.74, 6) is -0.870. The third-order valence-electron chi connectivity index (χ3n) is 4.91. The van der Waals surface area contributed by atoms with Crippen LogP contribution < -0.4 is 10.7 Å². The van der Waals surface area contributed by atoms with E-state index in [1.165, 1.54) is 18.3 Å². The Morgan fingerprint density at radius 3 is 2.34 bits per heavy atom. The molecule has 0 amide bonds. The fraction of sp³-hybridized carbons (Fsp3) is 0. The quantitative estimate of drug-likeness (QED) is 0.192. The Hall–Kier alpha value is -4.23. The first kappa shape index (κ1) is 21.0. The molecule has 0 spiro atoms. The van der Waals surface area contributed by atoms with E-state index in [2.05, 4.69) is 15.8 Å². The van der Waals surface area contributed by atoms with E-state index in [0.717, 1.165) is 16.3 Å². The van der Waals surface area contributed by atoms with Crippen LogP contribution in [0.15, 0.2) is 90.0 Å². The van der Waals surface area contributed by atoms with Gasteiger partial charge in [0.05, 0.1) is 11.8 Å². The van der Waals surface area contributed by atoms with E-state index in [-0.39, 0.29) is 16.4 Å². The fourth-order valence-electron chi connectivity index (χ4n) is 3.36. The number of carboxylic acid groups (broad SMARTS) is 1. The number of anilines is 1. The Morgan fingerprint density at radius 2 is 1.56 bits per heavy atom. The summed E-state index contributed by atoms with van der Waals surface area (Å²) in [6, 6.07) is 25.7. The maximum Gasteiger partial charge on any atom is 0.335 e. The highest BCUT2D eigenvalue weighted by Gasteiger charge is 2.10. The van der Waals surface area contributed by atoms with E-state index in [4.69, 9.17) is 17.3 Å². The number of hydrazone groups is 1. The number of thiocarbonyl (C=S) groups is 1. The third-order valence-corrected chi connectivity index (χ3v) is 5.10. The number of aromatic hydroxyl groups is 1. The van der Waals surface area contributed by atoms with E-state index < -0.39 is 5.97 Å². The van der Waals surface area contributed by atoms with Crippen molar-refractivity contribution in [3.63, 3.8) is 0 Å². The SMILES string of the molecule is O=C(O)c1ccc(NC(=S)N/N=C\c2cccc(-c3cccc4ccccc34)c2O)cc1. The van der Waals surface area contributed by atoms with Crippen molar-refractivity contribution in [2.75, 3.05) is 5.32 Å². The summed E-state index contributed by atoms with van der Waals surface area (Å²) in [4.78, 5) is 10.9. The molecule has 0 atom stereocenters. The number of hydrogen-bond acceptors (Lipinski definition) is 4. The molecule has 0 saturated carbocycles. The number of fused-ring (bicyclic) bond motifs is 1. The van der Waals surface area contributed by atoms with E-state index in [9.17, 15) is 9.90 Å². The number of aromatic carboxylic acids is 1. The summed E-state index contributed by atoms with van der Waals surface area (Å²) < 4.78 is 0. The molecule has 32 heavy (non-hydrogen) atoms. The van der Waals surface area contributed by atoms with Crippen molar-refractivity contribution in [3.05, 3.63) is 96.1 Å². The maximum atomic E-state index is 10.9. The van der Waals surface area contributed by atoms with E-state index in [0.29, 0.717) is 16.8 Å². The molecule has 0 saturated heterocycles. The van der Waals surface area contributed by atoms with Crippen LogP contribution in [0.5, 0.6) is 5.75 Å². The third kappa shape index (κ3) is 4.58. The Bertz CT molecular complexity index is 1330. The highest BCUT2D eigenvalue weighted by atomic mass is 32.1. The Balaban J connectivity index is 1.49. The molecule has 4 N–H and O–H groups in total. The minimum Gasteiger partial charge on any atom is -0.507 e. The van der Waals surface area contributed by atoms with E-state index in [1.54, 1.807) is 18.2 Å². The molecule has 6 nitrogen and oxygen atoms in total. The summed E-state index contributed by atoms with van der Waals surface area (Å²) in [5.41, 5.74) is 5.70. The van der Waals surface area contributed by atoms with Crippen LogP contribution in [0, 0.1) is 0 Å². The molecule has 0 radical (unpaired) electrons. The van der Waals surface area contributed by atoms with Crippen molar-refractivity contribution in [1.82, 2.24) is 5.43 Å². The normalized spacial score (nSPS) is 10.9. The maximum absolute atomic E-state index is 10.9. The second-order valence-electron chi connectivity index (χ2n) is 6.98. The summed E-state index contributed by atoms with van der Waals surface area (Å²) in [6.45, 7) is 0. The first-order valence-electron chi connectivity index (χ1n) is 9.76. The van der Waals surface area contributed by atoms with Crippen LogP contribution in [0.4, 0.5) is 5.69 Å². The fourth-order valence-corrected chi connectivity index (χ4v) is 3.53. The number of hydrogen-bond donors (Lipinski definition) is 4. The van der Waals surface area contributed by atoms with Crippen molar-refractivity contribution < 1.29 is 15.0 Å². The molecule has 0 unspecified atom stereocenters. The van der Waals surface area contributed by atoms with Crippen molar-refractivity contribution in [2.45, 2.75) is 0 Å². The van der Waals surface area contributed by atoms with Gasteiger partial charge in [0.1, 0.15) is 5.75 Å². The molecule has 4 rings (SSSR count). The lowest BCUT2D eigenvalue weighted by atomic mass is 9.96. The highest BCUT2D eigenvalue weighted by Crippen LogP contribution is 2.35. The van der Waals surface area contributed by atoms with Crippen molar-refractivity contribution in [2.24, 2.45) is 5.10 Å². The molecular weight excluding hydrogens is 422 g/mol. The van der Waals surface area contributed by atoms with Gasteiger partial charge < -0.3 is 15.5 Å². The van der Waals surface area contributed by atoms with Crippen LogP contribution in [0.1, 0.15) is 15.9 Å². The highest BCUT2D eigenvalue weighted by molar-refractivity contribution is 7.80. The predicted octanol–water partition coefficient (Wildman–Crippen LogP) is 5.23. The number of carbonyl (C=O) groups is 1. The first-order valence-corrected chi connectivity index (χ1v) is 10.2. The Kier molecular flexibility index (Phi) is 6.10. The van der Waals surface area contributed by atoms with Crippen LogP contribution in [0.3, 0.4) is 0 Å². The second kappa shape index (κ2) is 9.28. The van der Waals surface area contributed by atoms with Crippen LogP contribution in [-0.2, 0) is 0 Å². The summed E-state index contributed by atoms with van der Waals surface area (Å²) in [5, 5.41) is 29.2. The smallest absolute Gasteiger partial charge is 0.335 e. The van der Waals surface area contributed by atoms with Gasteiger partial charge in [-0.1, -0.05) is 54.6 Å². The number of nitrogens with zero attached hydrogens (tertiary/aromatic N) is 1. The topological polar surface area (TPSA) is 94.0 Å². The number of phenols is 1. The second-order valence-corrected chi connectivity index (χ2v) is 7.38. The number of para-hydroxylation sites is 1. The molecule has 4 aromatic rings. The van der Waals surface area contributed by atoms with Gasteiger partial charge >= 0.3 is 5.97 Å². The molecule has 0 aliphatic heterocycles. The van der Waals surface area contributed by atoms with Gasteiger partial charge in [0.15, 0.2) is 5.11 Å². The lowest BCUT2D eigenvalue weighted by Gasteiger charge is -2.11. The average molecular weight is 442 g/mol. The van der Waals surface area contributed by atoms with Gasteiger partial charge in [0, 0.05) is 16.8 Å². The molecule has 0 aliphatic rings. The lowest BCUT2D eigenvalue weighted by Crippen LogP contribution is -2.23. The van der Waals surface area contributed by atoms with Gasteiger partial charge in [-0.05, 0) is 58.9 Å². The summed E-state index contributed by atoms with van der Waals surface area (Å²) in [6.07, 6.45) is 1.49. The zero-order valence-corrected chi connectivity index (χ0v) is 17.6. The molecule has 0 fully saturated rings. The number of phenolic OH excluding ortho intramolecular Hbond substituents is 1. The Morgan fingerprint density at radius 1 is 0.875 bits per heavy atom. The first-order chi connectivity index (χ1) is 15.5. The standard InChI is InChI=1S/C25H19N3O3S/c29-23-18(15-26-28-25(32)27-19-13-11-17(12-14-19)24(30)31)7-4-10-22(23)21-9-3-6-16-5-1-2-8-20(16)21/h1-15,29H,(H,30,31)(H2,27,28,32)/b26-15-. The number of nitrogens with one attached hydrogen (secondary N) is 2. The number of rotatable bonds is 5. The predicted molar refractivity (Wildman–Crippen MR) is 131 cm³/mol. The molecule has 0 bridgehead atoms. The Labute approximate surface area is 189 Å². The van der Waals surface area contributed by atoms with E-state index in [1.807, 2.05) is 54.6 Å². The summed E-state index contributed by atoms with van der Waals surface area (Å²) >= 11 is 5.21. The van der Waals surface area contributed by atoms with Gasteiger partial charge in [-0.3, -0.25) is 5.43 Å². The summed E-state index contributed by atoms with van der Waals surface area (Å²) in [7, 11) is 0. The molecule has 0 aliphatic carbocycles. The minimum absolute atomic E-state index is 0.123. The zero-order valence-electron chi connectivity index (χ0n) is 16.8.